The molecule has 0 aliphatic carbocycles. The number of ether oxygens (including phenoxy) is 1. The molecule has 17 heavy (non-hydrogen) atoms. The number of amides is 1. The number of hydrogen-bond donors (Lipinski definition) is 2. The average molecular weight is 259 g/mol. The maximum atomic E-state index is 11.2. The van der Waals surface area contributed by atoms with Crippen molar-refractivity contribution >= 4 is 13.7 Å². The van der Waals surface area contributed by atoms with Gasteiger partial charge in [-0.3, -0.25) is 4.57 Å². The average Bonchev–Trinajstić information content (AvgIpc) is 2.35. The molecule has 0 fully saturated rings. The predicted molar refractivity (Wildman–Crippen MR) is 61.5 cm³/mol. The third kappa shape index (κ3) is 5.49. The third-order valence-corrected chi connectivity index (χ3v) is 3.05. The molecule has 0 heterocycles. The molecule has 94 valence electrons. The molecule has 6 nitrogen and oxygen atoms in total. The second-order valence-corrected chi connectivity index (χ2v) is 5.17. The molecule has 2 N–H and O–H groups in total. The highest BCUT2D eigenvalue weighted by atomic mass is 31.2. The number of carbonyl (C=O) groups is 1. The van der Waals surface area contributed by atoms with Crippen molar-refractivity contribution in [3.8, 4) is 0 Å². The van der Waals surface area contributed by atoms with Crippen LogP contribution in [-0.2, 0) is 20.4 Å². The molecule has 0 spiro atoms. The zero-order valence-electron chi connectivity index (χ0n) is 9.33. The van der Waals surface area contributed by atoms with Gasteiger partial charge in [-0.05, 0) is 5.56 Å². The lowest BCUT2D eigenvalue weighted by molar-refractivity contribution is 0.140. The molecule has 1 amide bonds. The summed E-state index contributed by atoms with van der Waals surface area (Å²) in [7, 11) is -2.64. The SMILES string of the molecule is COP(=O)(O)CNC(=O)OCc1ccccc1. The zero-order chi connectivity index (χ0) is 12.7. The van der Waals surface area contributed by atoms with Crippen molar-refractivity contribution in [1.82, 2.24) is 5.32 Å². The smallest absolute Gasteiger partial charge is 0.408 e. The Kier molecular flexibility index (Phi) is 5.15. The number of carbonyl (C=O) groups excluding carboxylic acids is 1. The predicted octanol–water partition coefficient (Wildman–Crippen LogP) is 1.70. The Morgan fingerprint density at radius 1 is 1.41 bits per heavy atom. The van der Waals surface area contributed by atoms with E-state index >= 15 is 0 Å². The number of hydrogen-bond acceptors (Lipinski definition) is 4. The van der Waals surface area contributed by atoms with Crippen LogP contribution in [0.15, 0.2) is 30.3 Å². The Morgan fingerprint density at radius 3 is 2.65 bits per heavy atom. The summed E-state index contributed by atoms with van der Waals surface area (Å²) in [5.74, 6) is 0. The highest BCUT2D eigenvalue weighted by Gasteiger charge is 2.18. The molecule has 0 saturated carbocycles. The van der Waals surface area contributed by atoms with E-state index < -0.39 is 20.0 Å². The van der Waals surface area contributed by atoms with Crippen LogP contribution in [0.2, 0.25) is 0 Å². The van der Waals surface area contributed by atoms with Crippen molar-refractivity contribution in [3.63, 3.8) is 0 Å². The monoisotopic (exact) mass is 259 g/mol. The number of nitrogens with one attached hydrogen (secondary N) is 1. The van der Waals surface area contributed by atoms with Crippen molar-refractivity contribution in [2.75, 3.05) is 13.4 Å². The molecule has 0 aliphatic rings. The van der Waals surface area contributed by atoms with Gasteiger partial charge in [0, 0.05) is 7.11 Å². The number of alkyl carbamates (subject to hydrolysis) is 1. The molecule has 0 aliphatic heterocycles. The Balaban J connectivity index is 2.29. The van der Waals surface area contributed by atoms with E-state index in [1.54, 1.807) is 12.1 Å². The van der Waals surface area contributed by atoms with Crippen LogP contribution in [0.25, 0.3) is 0 Å². The molecule has 1 aromatic rings. The standard InChI is InChI=1S/C10H14NO5P/c1-15-17(13,14)8-11-10(12)16-7-9-5-3-2-4-6-9/h2-6H,7-8H2,1H3,(H,11,12)(H,13,14). The molecular formula is C10H14NO5P. The maximum Gasteiger partial charge on any atom is 0.408 e. The molecule has 0 bridgehead atoms. The summed E-state index contributed by atoms with van der Waals surface area (Å²) >= 11 is 0. The van der Waals surface area contributed by atoms with Gasteiger partial charge in [-0.2, -0.15) is 0 Å². The van der Waals surface area contributed by atoms with E-state index in [-0.39, 0.29) is 6.61 Å². The summed E-state index contributed by atoms with van der Waals surface area (Å²) < 4.78 is 20.1. The lowest BCUT2D eigenvalue weighted by Crippen LogP contribution is -2.25. The van der Waals surface area contributed by atoms with Crippen LogP contribution in [-0.4, -0.2) is 24.4 Å². The van der Waals surface area contributed by atoms with Crippen molar-refractivity contribution in [1.29, 1.82) is 0 Å². The fourth-order valence-electron chi connectivity index (χ4n) is 1.00. The van der Waals surface area contributed by atoms with E-state index in [1.807, 2.05) is 18.2 Å². The second-order valence-electron chi connectivity index (χ2n) is 3.22. The Bertz CT molecular complexity index is 408. The molecule has 0 radical (unpaired) electrons. The summed E-state index contributed by atoms with van der Waals surface area (Å²) in [5, 5.41) is 2.14. The van der Waals surface area contributed by atoms with Gasteiger partial charge in [0.1, 0.15) is 12.9 Å². The van der Waals surface area contributed by atoms with E-state index in [4.69, 9.17) is 9.63 Å². The van der Waals surface area contributed by atoms with E-state index in [1.165, 1.54) is 0 Å². The summed E-state index contributed by atoms with van der Waals surface area (Å²) in [6.07, 6.45) is -1.24. The van der Waals surface area contributed by atoms with Gasteiger partial charge in [0.05, 0.1) is 0 Å². The van der Waals surface area contributed by atoms with E-state index in [0.29, 0.717) is 0 Å². The topological polar surface area (TPSA) is 84.9 Å². The second kappa shape index (κ2) is 6.39. The summed E-state index contributed by atoms with van der Waals surface area (Å²) in [4.78, 5) is 20.2. The van der Waals surface area contributed by atoms with Gasteiger partial charge in [0.2, 0.25) is 0 Å². The molecule has 1 aromatic carbocycles. The van der Waals surface area contributed by atoms with Crippen molar-refractivity contribution in [3.05, 3.63) is 35.9 Å². The first-order valence-electron chi connectivity index (χ1n) is 4.85. The highest BCUT2D eigenvalue weighted by molar-refractivity contribution is 7.52. The molecule has 1 unspecified atom stereocenters. The van der Waals surface area contributed by atoms with E-state index in [0.717, 1.165) is 12.7 Å². The number of benzene rings is 1. The van der Waals surface area contributed by atoms with Crippen LogP contribution < -0.4 is 5.32 Å². The van der Waals surface area contributed by atoms with Crippen LogP contribution in [0.4, 0.5) is 4.79 Å². The zero-order valence-corrected chi connectivity index (χ0v) is 10.2. The van der Waals surface area contributed by atoms with Gasteiger partial charge >= 0.3 is 13.7 Å². The first-order valence-corrected chi connectivity index (χ1v) is 6.62. The van der Waals surface area contributed by atoms with Gasteiger partial charge in [0.15, 0.2) is 0 Å². The summed E-state index contributed by atoms with van der Waals surface area (Å²) in [5.41, 5.74) is 0.835. The van der Waals surface area contributed by atoms with Gasteiger partial charge in [-0.25, -0.2) is 4.79 Å². The van der Waals surface area contributed by atoms with E-state index in [2.05, 4.69) is 9.84 Å². The summed E-state index contributed by atoms with van der Waals surface area (Å²) in [6.45, 7) is 0.107. The first-order chi connectivity index (χ1) is 8.03. The quantitative estimate of drug-likeness (QED) is 0.786. The molecule has 1 atom stereocenters. The Labute approximate surface area is 99.1 Å². The van der Waals surface area contributed by atoms with Crippen LogP contribution in [0.5, 0.6) is 0 Å². The Hall–Kier alpha value is -1.36. The van der Waals surface area contributed by atoms with Crippen molar-refractivity contribution in [2.24, 2.45) is 0 Å². The lowest BCUT2D eigenvalue weighted by Gasteiger charge is -2.10. The minimum atomic E-state index is -3.73. The normalized spacial score (nSPS) is 13.8. The van der Waals surface area contributed by atoms with Gasteiger partial charge in [-0.15, -0.1) is 0 Å². The fourth-order valence-corrected chi connectivity index (χ4v) is 1.46. The number of rotatable bonds is 5. The minimum Gasteiger partial charge on any atom is -0.445 e. The van der Waals surface area contributed by atoms with Crippen molar-refractivity contribution in [2.45, 2.75) is 6.61 Å². The molecule has 0 aromatic heterocycles. The van der Waals surface area contributed by atoms with Gasteiger partial charge < -0.3 is 19.5 Å². The largest absolute Gasteiger partial charge is 0.445 e. The van der Waals surface area contributed by atoms with Crippen LogP contribution >= 0.6 is 7.60 Å². The fraction of sp³-hybridized carbons (Fsp3) is 0.300. The molecule has 0 saturated heterocycles. The third-order valence-electron chi connectivity index (χ3n) is 1.92. The van der Waals surface area contributed by atoms with E-state index in [9.17, 15) is 9.36 Å². The van der Waals surface area contributed by atoms with Crippen LogP contribution in [0.3, 0.4) is 0 Å². The lowest BCUT2D eigenvalue weighted by atomic mass is 10.2. The maximum absolute atomic E-state index is 11.2. The minimum absolute atomic E-state index is 0.107. The molecule has 1 rings (SSSR count). The first kappa shape index (κ1) is 13.7. The van der Waals surface area contributed by atoms with Gasteiger partial charge in [0.25, 0.3) is 0 Å². The van der Waals surface area contributed by atoms with Crippen molar-refractivity contribution < 1.29 is 23.5 Å². The van der Waals surface area contributed by atoms with Gasteiger partial charge in [-0.1, -0.05) is 30.3 Å². The Morgan fingerprint density at radius 2 is 2.06 bits per heavy atom. The molecular weight excluding hydrogens is 245 g/mol. The van der Waals surface area contributed by atoms with Crippen LogP contribution in [0, 0.1) is 0 Å². The van der Waals surface area contributed by atoms with Crippen LogP contribution in [0.1, 0.15) is 5.56 Å². The summed E-state index contributed by atoms with van der Waals surface area (Å²) in [6, 6.07) is 9.11. The highest BCUT2D eigenvalue weighted by Crippen LogP contribution is 2.38. The molecule has 7 heteroatoms.